The first-order valence-electron chi connectivity index (χ1n) is 5.72. The largest absolute Gasteiger partial charge is 0.441 e. The fraction of sp³-hybridized carbons (Fsp3) is 0.636. The molecule has 2 saturated heterocycles. The lowest BCUT2D eigenvalue weighted by Gasteiger charge is -2.41. The number of likely N-dealkylation sites (tertiary alicyclic amines) is 1. The Hall–Kier alpha value is -1.36. The quantitative estimate of drug-likeness (QED) is 0.743. The van der Waals surface area contributed by atoms with E-state index in [1.807, 2.05) is 4.90 Å². The molecule has 1 amide bonds. The Kier molecular flexibility index (Phi) is 2.40. The minimum atomic E-state index is -0.0680. The summed E-state index contributed by atoms with van der Waals surface area (Å²) in [6.45, 7) is 3.69. The zero-order chi connectivity index (χ0) is 11.0. The van der Waals surface area contributed by atoms with Crippen molar-refractivity contribution >= 4 is 5.91 Å². The van der Waals surface area contributed by atoms with Crippen LogP contribution in [0.2, 0.25) is 0 Å². The van der Waals surface area contributed by atoms with Crippen molar-refractivity contribution in [1.29, 1.82) is 0 Å². The molecule has 0 saturated carbocycles. The second kappa shape index (κ2) is 3.90. The van der Waals surface area contributed by atoms with Crippen LogP contribution >= 0.6 is 0 Å². The Morgan fingerprint density at radius 3 is 2.81 bits per heavy atom. The van der Waals surface area contributed by atoms with E-state index in [9.17, 15) is 4.79 Å². The number of nitrogens with one attached hydrogen (secondary N) is 1. The molecule has 0 spiro atoms. The Labute approximate surface area is 93.8 Å². The average molecular weight is 221 g/mol. The highest BCUT2D eigenvalue weighted by Gasteiger charge is 2.34. The van der Waals surface area contributed by atoms with Gasteiger partial charge in [-0.2, -0.15) is 0 Å². The monoisotopic (exact) mass is 221 g/mol. The number of hydrogen-bond donors (Lipinski definition) is 1. The summed E-state index contributed by atoms with van der Waals surface area (Å²) in [6, 6.07) is 0. The molecule has 2 aliphatic rings. The lowest BCUT2D eigenvalue weighted by Crippen LogP contribution is -2.52. The number of piperidine rings is 2. The molecule has 1 aromatic rings. The molecule has 3 rings (SSSR count). The lowest BCUT2D eigenvalue weighted by molar-refractivity contribution is 0.0500. The van der Waals surface area contributed by atoms with Crippen LogP contribution in [0.3, 0.4) is 0 Å². The number of hydrogen-bond acceptors (Lipinski definition) is 4. The predicted molar refractivity (Wildman–Crippen MR) is 56.9 cm³/mol. The summed E-state index contributed by atoms with van der Waals surface area (Å²) in [4.78, 5) is 17.8. The maximum Gasteiger partial charge on any atom is 0.309 e. The van der Waals surface area contributed by atoms with Gasteiger partial charge in [-0.1, -0.05) is 0 Å². The number of rotatable bonds is 1. The molecule has 2 aliphatic heterocycles. The summed E-state index contributed by atoms with van der Waals surface area (Å²) in [5, 5.41) is 3.40. The molecule has 0 radical (unpaired) electrons. The third-order valence-electron chi connectivity index (χ3n) is 3.39. The molecule has 0 aliphatic carbocycles. The van der Waals surface area contributed by atoms with Gasteiger partial charge >= 0.3 is 5.91 Å². The summed E-state index contributed by atoms with van der Waals surface area (Å²) < 4.78 is 5.05. The Morgan fingerprint density at radius 1 is 1.44 bits per heavy atom. The van der Waals surface area contributed by atoms with Crippen LogP contribution in [0.5, 0.6) is 0 Å². The van der Waals surface area contributed by atoms with Crippen molar-refractivity contribution in [3.63, 3.8) is 0 Å². The van der Waals surface area contributed by atoms with E-state index in [0.717, 1.165) is 26.2 Å². The van der Waals surface area contributed by atoms with E-state index in [1.54, 1.807) is 0 Å². The van der Waals surface area contributed by atoms with Crippen LogP contribution in [0.4, 0.5) is 0 Å². The van der Waals surface area contributed by atoms with Crippen LogP contribution in [-0.4, -0.2) is 42.0 Å². The molecule has 5 heteroatoms. The zero-order valence-corrected chi connectivity index (χ0v) is 9.06. The van der Waals surface area contributed by atoms with Crippen LogP contribution in [-0.2, 0) is 0 Å². The van der Waals surface area contributed by atoms with E-state index in [0.29, 0.717) is 11.8 Å². The second-order valence-electron chi connectivity index (χ2n) is 4.67. The first-order chi connectivity index (χ1) is 7.83. The highest BCUT2D eigenvalue weighted by Crippen LogP contribution is 2.25. The maximum atomic E-state index is 12.0. The first kappa shape index (κ1) is 9.84. The lowest BCUT2D eigenvalue weighted by atomic mass is 9.86. The first-order valence-corrected chi connectivity index (χ1v) is 5.72. The average Bonchev–Trinajstić information content (AvgIpc) is 2.81. The van der Waals surface area contributed by atoms with Gasteiger partial charge in [0, 0.05) is 13.1 Å². The summed E-state index contributed by atoms with van der Waals surface area (Å²) in [5.74, 6) is 1.33. The number of aromatic nitrogens is 1. The van der Waals surface area contributed by atoms with Gasteiger partial charge in [-0.25, -0.2) is 4.98 Å². The highest BCUT2D eigenvalue weighted by atomic mass is 16.4. The Bertz CT molecular complexity index is 365. The third-order valence-corrected chi connectivity index (χ3v) is 3.39. The van der Waals surface area contributed by atoms with E-state index in [2.05, 4.69) is 10.3 Å². The molecular formula is C11H15N3O2. The van der Waals surface area contributed by atoms with Gasteiger partial charge in [0.15, 0.2) is 0 Å². The topological polar surface area (TPSA) is 58.4 Å². The minimum Gasteiger partial charge on any atom is -0.441 e. The summed E-state index contributed by atoms with van der Waals surface area (Å²) >= 11 is 0. The molecule has 2 fully saturated rings. The summed E-state index contributed by atoms with van der Waals surface area (Å²) in [5.41, 5.74) is 0. The molecule has 5 nitrogen and oxygen atoms in total. The van der Waals surface area contributed by atoms with Crippen molar-refractivity contribution in [2.24, 2.45) is 11.8 Å². The highest BCUT2D eigenvalue weighted by molar-refractivity contribution is 5.89. The van der Waals surface area contributed by atoms with Gasteiger partial charge in [-0.05, 0) is 31.3 Å². The Morgan fingerprint density at radius 2 is 2.19 bits per heavy atom. The number of nitrogens with zero attached hydrogens (tertiary/aromatic N) is 2. The van der Waals surface area contributed by atoms with E-state index >= 15 is 0 Å². The molecule has 2 bridgehead atoms. The molecule has 2 unspecified atom stereocenters. The normalized spacial score (nSPS) is 29.1. The number of fused-ring (bicyclic) bond motifs is 2. The molecule has 86 valence electrons. The summed E-state index contributed by atoms with van der Waals surface area (Å²) in [6.07, 6.45) is 4.20. The van der Waals surface area contributed by atoms with Crippen molar-refractivity contribution < 1.29 is 9.21 Å². The van der Waals surface area contributed by atoms with Gasteiger partial charge in [0.05, 0.1) is 6.20 Å². The van der Waals surface area contributed by atoms with Gasteiger partial charge in [-0.15, -0.1) is 0 Å². The van der Waals surface area contributed by atoms with Crippen molar-refractivity contribution in [2.75, 3.05) is 26.2 Å². The van der Waals surface area contributed by atoms with E-state index < -0.39 is 0 Å². The van der Waals surface area contributed by atoms with E-state index in [4.69, 9.17) is 4.42 Å². The van der Waals surface area contributed by atoms with Crippen molar-refractivity contribution in [2.45, 2.75) is 6.42 Å². The molecule has 3 heterocycles. The number of amides is 1. The standard InChI is InChI=1S/C11H15N3O2/c15-11(10-13-1-2-16-10)14-6-8-3-9(7-14)5-12-4-8/h1-2,8-9,12H,3-7H2. The molecule has 16 heavy (non-hydrogen) atoms. The van der Waals surface area contributed by atoms with Crippen LogP contribution in [0.25, 0.3) is 0 Å². The van der Waals surface area contributed by atoms with Gasteiger partial charge in [-0.3, -0.25) is 4.79 Å². The fourth-order valence-electron chi connectivity index (χ4n) is 2.74. The van der Waals surface area contributed by atoms with E-state index in [1.165, 1.54) is 18.9 Å². The molecule has 1 aromatic heterocycles. The van der Waals surface area contributed by atoms with Gasteiger partial charge in [0.1, 0.15) is 6.26 Å². The molecule has 1 N–H and O–H groups in total. The Balaban J connectivity index is 1.73. The zero-order valence-electron chi connectivity index (χ0n) is 9.06. The van der Waals surface area contributed by atoms with Gasteiger partial charge < -0.3 is 14.6 Å². The van der Waals surface area contributed by atoms with Crippen LogP contribution < -0.4 is 5.32 Å². The van der Waals surface area contributed by atoms with Crippen LogP contribution in [0.1, 0.15) is 17.1 Å². The van der Waals surface area contributed by atoms with Crippen molar-refractivity contribution in [3.05, 3.63) is 18.4 Å². The third kappa shape index (κ3) is 1.71. The SMILES string of the molecule is O=C(c1ncco1)N1CC2CNCC(C2)C1. The smallest absolute Gasteiger partial charge is 0.309 e. The van der Waals surface area contributed by atoms with E-state index in [-0.39, 0.29) is 11.8 Å². The van der Waals surface area contributed by atoms with Crippen LogP contribution in [0, 0.1) is 11.8 Å². The fourth-order valence-corrected chi connectivity index (χ4v) is 2.74. The number of oxazole rings is 1. The predicted octanol–water partition coefficient (Wildman–Crippen LogP) is 0.356. The minimum absolute atomic E-state index is 0.0680. The van der Waals surface area contributed by atoms with Crippen molar-refractivity contribution in [1.82, 2.24) is 15.2 Å². The van der Waals surface area contributed by atoms with Gasteiger partial charge in [0.25, 0.3) is 5.89 Å². The molecular weight excluding hydrogens is 206 g/mol. The number of carbonyl (C=O) groups excluding carboxylic acids is 1. The van der Waals surface area contributed by atoms with Gasteiger partial charge in [0.2, 0.25) is 0 Å². The number of carbonyl (C=O) groups is 1. The van der Waals surface area contributed by atoms with Crippen LogP contribution in [0.15, 0.2) is 16.9 Å². The maximum absolute atomic E-state index is 12.0. The molecule has 2 atom stereocenters. The second-order valence-corrected chi connectivity index (χ2v) is 4.67. The summed E-state index contributed by atoms with van der Waals surface area (Å²) in [7, 11) is 0. The van der Waals surface area contributed by atoms with Crippen molar-refractivity contribution in [3.8, 4) is 0 Å². The molecule has 0 aromatic carbocycles.